The zero-order chi connectivity index (χ0) is 16.0. The quantitative estimate of drug-likeness (QED) is 0.564. The van der Waals surface area contributed by atoms with Gasteiger partial charge in [0.25, 0.3) is 5.69 Å². The van der Waals surface area contributed by atoms with Crippen molar-refractivity contribution in [2.45, 2.75) is 25.8 Å². The van der Waals surface area contributed by atoms with E-state index in [1.54, 1.807) is 6.92 Å². The average Bonchev–Trinajstić information content (AvgIpc) is 2.40. The number of hydrogen-bond donors (Lipinski definition) is 2. The van der Waals surface area contributed by atoms with Gasteiger partial charge in [0.2, 0.25) is 0 Å². The lowest BCUT2D eigenvalue weighted by Gasteiger charge is -2.25. The van der Waals surface area contributed by atoms with Gasteiger partial charge in [-0.1, -0.05) is 18.5 Å². The number of nitrogens with one attached hydrogen (secondary N) is 1. The maximum Gasteiger partial charge on any atom is 0.323 e. The van der Waals surface area contributed by atoms with Gasteiger partial charge in [-0.05, 0) is 19.5 Å². The van der Waals surface area contributed by atoms with Crippen molar-refractivity contribution in [1.29, 1.82) is 0 Å². The Labute approximate surface area is 127 Å². The molecule has 0 aliphatic rings. The molecule has 0 saturated carbocycles. The Morgan fingerprint density at radius 3 is 2.71 bits per heavy atom. The van der Waals surface area contributed by atoms with Crippen molar-refractivity contribution in [3.05, 3.63) is 33.3 Å². The highest BCUT2D eigenvalue weighted by Gasteiger charge is 2.31. The Balaban J connectivity index is 2.67. The Kier molecular flexibility index (Phi) is 5.92. The second kappa shape index (κ2) is 7.24. The third-order valence-electron chi connectivity index (χ3n) is 3.02. The molecule has 0 spiro atoms. The van der Waals surface area contributed by atoms with Crippen molar-refractivity contribution >= 4 is 23.3 Å². The van der Waals surface area contributed by atoms with Crippen molar-refractivity contribution in [3.8, 4) is 5.75 Å². The summed E-state index contributed by atoms with van der Waals surface area (Å²) in [6.07, 6.45) is 0.226. The molecule has 1 rings (SSSR count). The molecule has 1 atom stereocenters. The topological polar surface area (TPSA) is 102 Å². The maximum atomic E-state index is 11.2. The molecule has 8 heteroatoms. The number of hydrogen-bond acceptors (Lipinski definition) is 5. The van der Waals surface area contributed by atoms with E-state index in [1.807, 2.05) is 6.92 Å². The minimum absolute atomic E-state index is 0.115. The van der Waals surface area contributed by atoms with Gasteiger partial charge in [0, 0.05) is 18.6 Å². The summed E-state index contributed by atoms with van der Waals surface area (Å²) >= 11 is 5.89. The van der Waals surface area contributed by atoms with E-state index in [2.05, 4.69) is 5.32 Å². The molecule has 7 nitrogen and oxygen atoms in total. The third kappa shape index (κ3) is 4.57. The number of non-ortho nitro benzene ring substituents is 1. The highest BCUT2D eigenvalue weighted by molar-refractivity contribution is 6.32. The van der Waals surface area contributed by atoms with Crippen LogP contribution in [0.1, 0.15) is 20.3 Å². The monoisotopic (exact) mass is 316 g/mol. The van der Waals surface area contributed by atoms with Gasteiger partial charge in [0.05, 0.1) is 16.6 Å². The molecule has 0 heterocycles. The summed E-state index contributed by atoms with van der Waals surface area (Å²) in [6.45, 7) is 4.02. The summed E-state index contributed by atoms with van der Waals surface area (Å²) in [6, 6.07) is 3.87. The number of likely N-dealkylation sites (N-methyl/N-ethyl adjacent to an activating group) is 1. The maximum absolute atomic E-state index is 11.2. The van der Waals surface area contributed by atoms with Gasteiger partial charge in [0.1, 0.15) is 11.3 Å². The smallest absolute Gasteiger partial charge is 0.323 e. The normalized spacial score (nSPS) is 13.5. The second-order valence-electron chi connectivity index (χ2n) is 4.64. The molecule has 0 bridgehead atoms. The number of nitro groups is 1. The predicted octanol–water partition coefficient (Wildman–Crippen LogP) is 2.47. The second-order valence-corrected chi connectivity index (χ2v) is 5.05. The molecule has 1 aromatic rings. The van der Waals surface area contributed by atoms with Crippen LogP contribution in [0.4, 0.5) is 5.69 Å². The Hall–Kier alpha value is -1.86. The first-order chi connectivity index (χ1) is 9.80. The zero-order valence-corrected chi connectivity index (χ0v) is 12.5. The molecule has 0 saturated heterocycles. The number of carbonyl (C=O) groups is 1. The van der Waals surface area contributed by atoms with Gasteiger partial charge in [-0.25, -0.2) is 0 Å². The summed E-state index contributed by atoms with van der Waals surface area (Å²) < 4.78 is 5.41. The first-order valence-electron chi connectivity index (χ1n) is 6.35. The molecule has 2 N–H and O–H groups in total. The van der Waals surface area contributed by atoms with Crippen LogP contribution in [0, 0.1) is 10.1 Å². The highest BCUT2D eigenvalue weighted by Crippen LogP contribution is 2.29. The Bertz CT molecular complexity index is 537. The minimum Gasteiger partial charge on any atom is -0.492 e. The van der Waals surface area contributed by atoms with E-state index in [0.29, 0.717) is 6.54 Å². The van der Waals surface area contributed by atoms with E-state index in [4.69, 9.17) is 16.3 Å². The van der Waals surface area contributed by atoms with Crippen molar-refractivity contribution < 1.29 is 19.6 Å². The summed E-state index contributed by atoms with van der Waals surface area (Å²) in [5, 5.41) is 22.8. The highest BCUT2D eigenvalue weighted by atomic mass is 35.5. The minimum atomic E-state index is -1.10. The van der Waals surface area contributed by atoms with Crippen LogP contribution in [-0.4, -0.2) is 34.7 Å². The number of nitro benzene ring substituents is 1. The SMILES string of the molecule is CCNC(C)(CCOc1ccc([N+](=O)[O-])cc1Cl)C(=O)O. The molecule has 0 aliphatic heterocycles. The van der Waals surface area contributed by atoms with E-state index in [9.17, 15) is 20.0 Å². The number of rotatable bonds is 8. The van der Waals surface area contributed by atoms with Crippen molar-refractivity contribution in [2.75, 3.05) is 13.2 Å². The van der Waals surface area contributed by atoms with Crippen LogP contribution in [0.5, 0.6) is 5.75 Å². The number of ether oxygens (including phenoxy) is 1. The van der Waals surface area contributed by atoms with Gasteiger partial charge in [0.15, 0.2) is 0 Å². The van der Waals surface area contributed by atoms with Crippen LogP contribution in [0.2, 0.25) is 5.02 Å². The lowest BCUT2D eigenvalue weighted by atomic mass is 9.98. The van der Waals surface area contributed by atoms with Crippen LogP contribution >= 0.6 is 11.6 Å². The first-order valence-corrected chi connectivity index (χ1v) is 6.73. The average molecular weight is 317 g/mol. The van der Waals surface area contributed by atoms with Crippen LogP contribution in [0.15, 0.2) is 18.2 Å². The number of nitrogens with zero attached hydrogens (tertiary/aromatic N) is 1. The van der Waals surface area contributed by atoms with E-state index < -0.39 is 16.4 Å². The number of carboxylic acids is 1. The molecule has 21 heavy (non-hydrogen) atoms. The Morgan fingerprint density at radius 1 is 1.57 bits per heavy atom. The van der Waals surface area contributed by atoms with Crippen LogP contribution in [-0.2, 0) is 4.79 Å². The fraction of sp³-hybridized carbons (Fsp3) is 0.462. The van der Waals surface area contributed by atoms with Crippen LogP contribution in [0.25, 0.3) is 0 Å². The Morgan fingerprint density at radius 2 is 2.24 bits per heavy atom. The molecule has 1 aromatic carbocycles. The summed E-state index contributed by atoms with van der Waals surface area (Å²) in [5.74, 6) is -0.686. The molecule has 0 radical (unpaired) electrons. The molecular weight excluding hydrogens is 300 g/mol. The van der Waals surface area contributed by atoms with Gasteiger partial charge in [-0.3, -0.25) is 14.9 Å². The summed E-state index contributed by atoms with van der Waals surface area (Å²) in [5.41, 5.74) is -1.22. The number of benzene rings is 1. The number of carboxylic acid groups (broad SMARTS) is 1. The summed E-state index contributed by atoms with van der Waals surface area (Å²) in [4.78, 5) is 21.3. The molecule has 0 aromatic heterocycles. The van der Waals surface area contributed by atoms with Gasteiger partial charge in [-0.2, -0.15) is 0 Å². The van der Waals surface area contributed by atoms with Gasteiger partial charge >= 0.3 is 5.97 Å². The largest absolute Gasteiger partial charge is 0.492 e. The predicted molar refractivity (Wildman–Crippen MR) is 77.9 cm³/mol. The van der Waals surface area contributed by atoms with Crippen molar-refractivity contribution in [2.24, 2.45) is 0 Å². The third-order valence-corrected chi connectivity index (χ3v) is 3.32. The molecule has 0 aliphatic carbocycles. The fourth-order valence-electron chi connectivity index (χ4n) is 1.75. The van der Waals surface area contributed by atoms with E-state index in [-0.39, 0.29) is 29.5 Å². The molecule has 0 fully saturated rings. The molecule has 116 valence electrons. The lowest BCUT2D eigenvalue weighted by Crippen LogP contribution is -2.50. The van der Waals surface area contributed by atoms with Gasteiger partial charge in [-0.15, -0.1) is 0 Å². The molecular formula is C13H17ClN2O5. The number of halogens is 1. The van der Waals surface area contributed by atoms with Crippen LogP contribution in [0.3, 0.4) is 0 Å². The fourth-order valence-corrected chi connectivity index (χ4v) is 1.98. The lowest BCUT2D eigenvalue weighted by molar-refractivity contribution is -0.384. The molecule has 0 amide bonds. The first kappa shape index (κ1) is 17.2. The van der Waals surface area contributed by atoms with E-state index in [1.165, 1.54) is 18.2 Å². The standard InChI is InChI=1S/C13H17ClN2O5/c1-3-15-13(2,12(17)18)6-7-21-11-5-4-9(16(19)20)8-10(11)14/h4-5,8,15H,3,6-7H2,1-2H3,(H,17,18). The van der Waals surface area contributed by atoms with Crippen molar-refractivity contribution in [1.82, 2.24) is 5.32 Å². The van der Waals surface area contributed by atoms with E-state index >= 15 is 0 Å². The summed E-state index contributed by atoms with van der Waals surface area (Å²) in [7, 11) is 0. The molecule has 1 unspecified atom stereocenters. The van der Waals surface area contributed by atoms with E-state index in [0.717, 1.165) is 0 Å². The van der Waals surface area contributed by atoms with Gasteiger partial charge < -0.3 is 15.2 Å². The number of aliphatic carboxylic acids is 1. The van der Waals surface area contributed by atoms with Crippen molar-refractivity contribution in [3.63, 3.8) is 0 Å². The zero-order valence-electron chi connectivity index (χ0n) is 11.8. The van der Waals surface area contributed by atoms with Crippen LogP contribution < -0.4 is 10.1 Å².